The molecule has 1 amide bonds. The third-order valence-electron chi connectivity index (χ3n) is 3.77. The van der Waals surface area contributed by atoms with Crippen molar-refractivity contribution in [1.82, 2.24) is 20.7 Å². The molecule has 0 aliphatic carbocycles. The summed E-state index contributed by atoms with van der Waals surface area (Å²) >= 11 is 0. The summed E-state index contributed by atoms with van der Waals surface area (Å²) in [5.74, 6) is 1.05. The second-order valence-electron chi connectivity index (χ2n) is 7.60. The maximum absolute atomic E-state index is 12.0. The van der Waals surface area contributed by atoms with Crippen LogP contribution in [-0.4, -0.2) is 54.4 Å². The van der Waals surface area contributed by atoms with Crippen molar-refractivity contribution >= 4 is 36.0 Å². The Kier molecular flexibility index (Phi) is 11.4. The minimum Gasteiger partial charge on any atom is -0.444 e. The monoisotopic (exact) mass is 495 g/mol. The Bertz CT molecular complexity index is 570. The molecule has 0 bridgehead atoms. The van der Waals surface area contributed by atoms with Gasteiger partial charge in [0.2, 0.25) is 0 Å². The van der Waals surface area contributed by atoms with E-state index in [-0.39, 0.29) is 36.1 Å². The van der Waals surface area contributed by atoms with Crippen molar-refractivity contribution in [2.45, 2.75) is 59.2 Å². The van der Waals surface area contributed by atoms with Crippen LogP contribution >= 0.6 is 24.0 Å². The summed E-state index contributed by atoms with van der Waals surface area (Å²) in [6.45, 7) is 11.0. The molecule has 1 aromatic rings. The molecule has 27 heavy (non-hydrogen) atoms. The van der Waals surface area contributed by atoms with Crippen molar-refractivity contribution in [3.63, 3.8) is 0 Å². The van der Waals surface area contributed by atoms with Crippen LogP contribution in [0.2, 0.25) is 0 Å². The number of aliphatic imine (C=N–C) groups is 1. The van der Waals surface area contributed by atoms with E-state index in [1.165, 1.54) is 0 Å². The number of hydrogen-bond donors (Lipinski definition) is 2. The number of aromatic nitrogens is 1. The van der Waals surface area contributed by atoms with Gasteiger partial charge in [-0.2, -0.15) is 0 Å². The molecule has 8 nitrogen and oxygen atoms in total. The van der Waals surface area contributed by atoms with Crippen LogP contribution in [0.3, 0.4) is 0 Å². The molecule has 0 aliphatic heterocycles. The van der Waals surface area contributed by atoms with E-state index >= 15 is 0 Å². The van der Waals surface area contributed by atoms with Crippen molar-refractivity contribution < 1.29 is 14.1 Å². The standard InChI is InChI=1S/C18H33N5O3.HI/c1-13(2)15(21-17(24)26-18(3,4)5)8-10-23(7)16(19-6)20-12-14-9-11-25-22-14;/h9,11,13,15H,8,10,12H2,1-7H3,(H,19,20)(H,21,24);1H. The van der Waals surface area contributed by atoms with Crippen LogP contribution in [-0.2, 0) is 11.3 Å². The lowest BCUT2D eigenvalue weighted by Gasteiger charge is -2.28. The van der Waals surface area contributed by atoms with E-state index in [1.807, 2.05) is 32.7 Å². The van der Waals surface area contributed by atoms with Gasteiger partial charge < -0.3 is 24.8 Å². The number of halogens is 1. The van der Waals surface area contributed by atoms with Gasteiger partial charge in [-0.05, 0) is 33.1 Å². The van der Waals surface area contributed by atoms with Crippen molar-refractivity contribution in [1.29, 1.82) is 0 Å². The predicted molar refractivity (Wildman–Crippen MR) is 117 cm³/mol. The highest BCUT2D eigenvalue weighted by Crippen LogP contribution is 2.11. The van der Waals surface area contributed by atoms with Gasteiger partial charge in [-0.1, -0.05) is 19.0 Å². The minimum atomic E-state index is -0.504. The number of hydrogen-bond acceptors (Lipinski definition) is 5. The Morgan fingerprint density at radius 1 is 1.41 bits per heavy atom. The Labute approximate surface area is 179 Å². The van der Waals surface area contributed by atoms with Gasteiger partial charge >= 0.3 is 6.09 Å². The quantitative estimate of drug-likeness (QED) is 0.343. The largest absolute Gasteiger partial charge is 0.444 e. The second kappa shape index (κ2) is 12.0. The van der Waals surface area contributed by atoms with Crippen LogP contribution < -0.4 is 10.6 Å². The number of nitrogens with one attached hydrogen (secondary N) is 2. The van der Waals surface area contributed by atoms with Gasteiger partial charge in [-0.15, -0.1) is 24.0 Å². The number of carbonyl (C=O) groups is 1. The van der Waals surface area contributed by atoms with Crippen LogP contribution in [0.15, 0.2) is 21.8 Å². The first-order chi connectivity index (χ1) is 12.1. The third-order valence-corrected chi connectivity index (χ3v) is 3.77. The molecule has 2 N–H and O–H groups in total. The third kappa shape index (κ3) is 10.4. The molecule has 0 spiro atoms. The number of guanidine groups is 1. The fourth-order valence-corrected chi connectivity index (χ4v) is 2.35. The summed E-state index contributed by atoms with van der Waals surface area (Å²) in [5, 5.41) is 10.1. The van der Waals surface area contributed by atoms with Gasteiger partial charge in [0.1, 0.15) is 17.6 Å². The van der Waals surface area contributed by atoms with E-state index in [0.29, 0.717) is 12.5 Å². The number of nitrogens with zero attached hydrogens (tertiary/aromatic N) is 3. The van der Waals surface area contributed by atoms with Crippen molar-refractivity contribution in [2.24, 2.45) is 10.9 Å². The number of alkyl carbamates (subject to hydrolysis) is 1. The van der Waals surface area contributed by atoms with Gasteiger partial charge in [0.15, 0.2) is 5.96 Å². The molecule has 0 aliphatic rings. The summed E-state index contributed by atoms with van der Waals surface area (Å²) in [7, 11) is 3.70. The first kappa shape index (κ1) is 25.5. The van der Waals surface area contributed by atoms with Gasteiger partial charge in [0.05, 0.1) is 6.54 Å². The summed E-state index contributed by atoms with van der Waals surface area (Å²) in [4.78, 5) is 18.3. The molecule has 1 atom stereocenters. The smallest absolute Gasteiger partial charge is 0.407 e. The highest BCUT2D eigenvalue weighted by Gasteiger charge is 2.22. The highest BCUT2D eigenvalue weighted by molar-refractivity contribution is 14.0. The topological polar surface area (TPSA) is 92.0 Å². The molecule has 1 heterocycles. The van der Waals surface area contributed by atoms with Crippen LogP contribution in [0, 0.1) is 5.92 Å². The van der Waals surface area contributed by atoms with Crippen molar-refractivity contribution in [2.75, 3.05) is 20.6 Å². The number of rotatable bonds is 7. The molecule has 1 aromatic heterocycles. The zero-order valence-electron chi connectivity index (χ0n) is 17.4. The lowest BCUT2D eigenvalue weighted by molar-refractivity contribution is 0.0486. The Balaban J connectivity index is 0.00000676. The van der Waals surface area contributed by atoms with Crippen LogP contribution in [0.25, 0.3) is 0 Å². The van der Waals surface area contributed by atoms with E-state index in [1.54, 1.807) is 19.4 Å². The average molecular weight is 495 g/mol. The molecule has 0 radical (unpaired) electrons. The maximum atomic E-state index is 12.0. The average Bonchev–Trinajstić information content (AvgIpc) is 3.03. The predicted octanol–water partition coefficient (Wildman–Crippen LogP) is 3.24. The zero-order valence-corrected chi connectivity index (χ0v) is 19.7. The number of ether oxygens (including phenoxy) is 1. The summed E-state index contributed by atoms with van der Waals surface area (Å²) in [6.07, 6.45) is 1.93. The molecule has 9 heteroatoms. The van der Waals surface area contributed by atoms with Crippen LogP contribution in [0.1, 0.15) is 46.7 Å². The van der Waals surface area contributed by atoms with E-state index in [4.69, 9.17) is 9.26 Å². The zero-order chi connectivity index (χ0) is 19.7. The van der Waals surface area contributed by atoms with Crippen LogP contribution in [0.5, 0.6) is 0 Å². The summed E-state index contributed by atoms with van der Waals surface area (Å²) in [5.41, 5.74) is 0.307. The lowest BCUT2D eigenvalue weighted by atomic mass is 10.0. The van der Waals surface area contributed by atoms with Crippen molar-refractivity contribution in [3.8, 4) is 0 Å². The van der Waals surface area contributed by atoms with E-state index in [2.05, 4.69) is 34.6 Å². The fourth-order valence-electron chi connectivity index (χ4n) is 2.35. The lowest BCUT2D eigenvalue weighted by Crippen LogP contribution is -2.45. The van der Waals surface area contributed by atoms with Gasteiger partial charge in [-0.25, -0.2) is 4.79 Å². The normalized spacial score (nSPS) is 13.0. The molecular weight excluding hydrogens is 461 g/mol. The first-order valence-electron chi connectivity index (χ1n) is 8.93. The maximum Gasteiger partial charge on any atom is 0.407 e. The second-order valence-corrected chi connectivity index (χ2v) is 7.60. The van der Waals surface area contributed by atoms with Gasteiger partial charge in [0.25, 0.3) is 0 Å². The van der Waals surface area contributed by atoms with Gasteiger partial charge in [-0.3, -0.25) is 4.99 Å². The van der Waals surface area contributed by atoms with E-state index in [0.717, 1.165) is 24.6 Å². The SMILES string of the molecule is CN=C(NCc1ccon1)N(C)CCC(NC(=O)OC(C)(C)C)C(C)C.I. The van der Waals surface area contributed by atoms with E-state index < -0.39 is 5.60 Å². The summed E-state index contributed by atoms with van der Waals surface area (Å²) < 4.78 is 10.2. The first-order valence-corrected chi connectivity index (χ1v) is 8.93. The number of amides is 1. The molecule has 0 aromatic carbocycles. The van der Waals surface area contributed by atoms with Crippen LogP contribution in [0.4, 0.5) is 4.79 Å². The molecule has 1 rings (SSSR count). The minimum absolute atomic E-state index is 0. The van der Waals surface area contributed by atoms with Gasteiger partial charge in [0, 0.05) is 32.7 Å². The molecule has 1 unspecified atom stereocenters. The number of carbonyl (C=O) groups excluding carboxylic acids is 1. The molecule has 0 fully saturated rings. The molecule has 0 saturated heterocycles. The fraction of sp³-hybridized carbons (Fsp3) is 0.722. The van der Waals surface area contributed by atoms with E-state index in [9.17, 15) is 4.79 Å². The molecular formula is C18H34IN5O3. The Morgan fingerprint density at radius 2 is 2.07 bits per heavy atom. The summed E-state index contributed by atoms with van der Waals surface area (Å²) in [6, 6.07) is 1.82. The Hall–Kier alpha value is -1.52. The van der Waals surface area contributed by atoms with Crippen molar-refractivity contribution in [3.05, 3.63) is 18.0 Å². The molecule has 156 valence electrons. The Morgan fingerprint density at radius 3 is 2.56 bits per heavy atom. The highest BCUT2D eigenvalue weighted by atomic mass is 127. The molecule has 0 saturated carbocycles.